The lowest BCUT2D eigenvalue weighted by atomic mass is 10.0. The van der Waals surface area contributed by atoms with Gasteiger partial charge in [-0.2, -0.15) is 0 Å². The zero-order valence-corrected chi connectivity index (χ0v) is 39.1. The first-order valence-corrected chi connectivity index (χ1v) is 26.4. The van der Waals surface area contributed by atoms with Crippen molar-refractivity contribution in [1.82, 2.24) is 5.32 Å². The third-order valence-corrected chi connectivity index (χ3v) is 12.5. The molecule has 2 atom stereocenters. The van der Waals surface area contributed by atoms with Gasteiger partial charge in [-0.1, -0.05) is 270 Å². The molecule has 0 saturated heterocycles. The average Bonchev–Trinajstić information content (AvgIpc) is 3.22. The SMILES string of the molecule is CCCCCC/C=C\CCCCCCCC(=O)NC(CO)C(O)CCCCCCCCCCCCCCCCCCCCCCCCCCCCCCCCCC. The van der Waals surface area contributed by atoms with Crippen LogP contribution < -0.4 is 5.32 Å². The van der Waals surface area contributed by atoms with Gasteiger partial charge in [0.05, 0.1) is 18.8 Å². The topological polar surface area (TPSA) is 69.6 Å². The Kier molecular flexibility index (Phi) is 48.7. The lowest BCUT2D eigenvalue weighted by Gasteiger charge is -2.22. The summed E-state index contributed by atoms with van der Waals surface area (Å²) in [6.45, 7) is 4.36. The van der Waals surface area contributed by atoms with Crippen LogP contribution in [0.4, 0.5) is 0 Å². The molecule has 1 amide bonds. The number of hydrogen-bond donors (Lipinski definition) is 3. The Balaban J connectivity index is 3.37. The second kappa shape index (κ2) is 49.5. The number of hydrogen-bond acceptors (Lipinski definition) is 3. The Bertz CT molecular complexity index is 784. The van der Waals surface area contributed by atoms with Crippen molar-refractivity contribution < 1.29 is 15.0 Å². The summed E-state index contributed by atoms with van der Waals surface area (Å²) in [5, 5.41) is 23.2. The van der Waals surface area contributed by atoms with E-state index in [1.54, 1.807) is 0 Å². The van der Waals surface area contributed by atoms with E-state index in [-0.39, 0.29) is 12.5 Å². The third-order valence-electron chi connectivity index (χ3n) is 12.5. The van der Waals surface area contributed by atoms with Gasteiger partial charge in [0.1, 0.15) is 0 Å². The van der Waals surface area contributed by atoms with Crippen LogP contribution in [0, 0.1) is 0 Å². The first kappa shape index (κ1) is 56.1. The average molecular weight is 804 g/mol. The maximum Gasteiger partial charge on any atom is 0.220 e. The minimum absolute atomic E-state index is 0.0369. The number of carbonyl (C=O) groups excluding carboxylic acids is 1. The second-order valence-electron chi connectivity index (χ2n) is 18.3. The van der Waals surface area contributed by atoms with Crippen LogP contribution in [0.3, 0.4) is 0 Å². The van der Waals surface area contributed by atoms with Crippen molar-refractivity contribution in [2.75, 3.05) is 6.61 Å². The maximum atomic E-state index is 12.4. The number of allylic oxidation sites excluding steroid dienone is 2. The lowest BCUT2D eigenvalue weighted by molar-refractivity contribution is -0.123. The number of nitrogens with one attached hydrogen (secondary N) is 1. The number of unbranched alkanes of at least 4 members (excludes halogenated alkanes) is 40. The maximum absolute atomic E-state index is 12.4. The molecule has 0 fully saturated rings. The van der Waals surface area contributed by atoms with E-state index in [4.69, 9.17) is 0 Å². The van der Waals surface area contributed by atoms with Gasteiger partial charge < -0.3 is 15.5 Å². The van der Waals surface area contributed by atoms with Gasteiger partial charge in [0.15, 0.2) is 0 Å². The molecule has 0 saturated carbocycles. The molecule has 0 bridgehead atoms. The van der Waals surface area contributed by atoms with E-state index in [1.807, 2.05) is 0 Å². The minimum atomic E-state index is -0.660. The Morgan fingerprint density at radius 2 is 0.667 bits per heavy atom. The minimum Gasteiger partial charge on any atom is -0.394 e. The molecule has 3 N–H and O–H groups in total. The molecule has 0 aliphatic rings. The van der Waals surface area contributed by atoms with Crippen LogP contribution in [0.1, 0.15) is 303 Å². The predicted octanol–water partition coefficient (Wildman–Crippen LogP) is 17.0. The van der Waals surface area contributed by atoms with Crippen LogP contribution in [-0.4, -0.2) is 34.9 Å². The van der Waals surface area contributed by atoms with Gasteiger partial charge in [-0.15, -0.1) is 0 Å². The highest BCUT2D eigenvalue weighted by Gasteiger charge is 2.20. The van der Waals surface area contributed by atoms with Crippen LogP contribution in [0.15, 0.2) is 12.2 Å². The monoisotopic (exact) mass is 804 g/mol. The molecule has 0 aliphatic carbocycles. The highest BCUT2D eigenvalue weighted by atomic mass is 16.3. The number of amides is 1. The molecule has 0 aromatic carbocycles. The van der Waals surface area contributed by atoms with Gasteiger partial charge in [-0.3, -0.25) is 4.79 Å². The lowest BCUT2D eigenvalue weighted by Crippen LogP contribution is -2.45. The Morgan fingerprint density at radius 3 is 0.982 bits per heavy atom. The molecule has 4 nitrogen and oxygen atoms in total. The summed E-state index contributed by atoms with van der Waals surface area (Å²) in [4.78, 5) is 12.4. The van der Waals surface area contributed by atoms with Crippen LogP contribution in [-0.2, 0) is 4.79 Å². The molecule has 0 spiro atoms. The molecule has 0 radical (unpaired) electrons. The standard InChI is InChI=1S/C53H105NO3/c1-3-5-7-9-11-13-15-17-18-19-20-21-22-23-24-25-26-27-28-29-30-31-32-33-34-35-37-38-40-42-44-46-48-52(56)51(50-55)54-53(57)49-47-45-43-41-39-36-16-14-12-10-8-6-4-2/h14,16,51-52,55-56H,3-13,15,17-50H2,1-2H3,(H,54,57)/b16-14-. The van der Waals surface area contributed by atoms with Crippen molar-refractivity contribution in [3.63, 3.8) is 0 Å². The smallest absolute Gasteiger partial charge is 0.220 e. The van der Waals surface area contributed by atoms with Gasteiger partial charge in [-0.05, 0) is 38.5 Å². The summed E-state index contributed by atoms with van der Waals surface area (Å²) in [5.41, 5.74) is 0. The van der Waals surface area contributed by atoms with Crippen molar-refractivity contribution in [3.05, 3.63) is 12.2 Å². The number of aliphatic hydroxyl groups is 2. The second-order valence-corrected chi connectivity index (χ2v) is 18.3. The Hall–Kier alpha value is -0.870. The van der Waals surface area contributed by atoms with Crippen molar-refractivity contribution in [2.45, 2.75) is 315 Å². The van der Waals surface area contributed by atoms with Crippen molar-refractivity contribution in [2.24, 2.45) is 0 Å². The predicted molar refractivity (Wildman–Crippen MR) is 253 cm³/mol. The molecule has 4 heteroatoms. The van der Waals surface area contributed by atoms with Crippen LogP contribution >= 0.6 is 0 Å². The molecule has 0 heterocycles. The fourth-order valence-corrected chi connectivity index (χ4v) is 8.48. The molecule has 340 valence electrons. The number of aliphatic hydroxyl groups excluding tert-OH is 2. The first-order chi connectivity index (χ1) is 28.2. The molecule has 0 aromatic heterocycles. The highest BCUT2D eigenvalue weighted by Crippen LogP contribution is 2.18. The van der Waals surface area contributed by atoms with E-state index in [2.05, 4.69) is 31.3 Å². The Morgan fingerprint density at radius 1 is 0.404 bits per heavy atom. The van der Waals surface area contributed by atoms with Gasteiger partial charge in [0, 0.05) is 6.42 Å². The molecule has 0 rings (SSSR count). The third kappa shape index (κ3) is 46.1. The van der Waals surface area contributed by atoms with Gasteiger partial charge in [0.2, 0.25) is 5.91 Å². The van der Waals surface area contributed by atoms with E-state index in [1.165, 1.54) is 250 Å². The van der Waals surface area contributed by atoms with Gasteiger partial charge in [0.25, 0.3) is 0 Å². The summed E-state index contributed by atoms with van der Waals surface area (Å²) >= 11 is 0. The van der Waals surface area contributed by atoms with Crippen LogP contribution in [0.5, 0.6) is 0 Å². The summed E-state index contributed by atoms with van der Waals surface area (Å²) in [6, 6.07) is -0.537. The summed E-state index contributed by atoms with van der Waals surface area (Å²) < 4.78 is 0. The van der Waals surface area contributed by atoms with E-state index < -0.39 is 12.1 Å². The zero-order chi connectivity index (χ0) is 41.4. The van der Waals surface area contributed by atoms with Crippen molar-refractivity contribution in [1.29, 1.82) is 0 Å². The van der Waals surface area contributed by atoms with E-state index in [9.17, 15) is 15.0 Å². The first-order valence-electron chi connectivity index (χ1n) is 26.4. The molecular weight excluding hydrogens is 699 g/mol. The molecule has 57 heavy (non-hydrogen) atoms. The fraction of sp³-hybridized carbons (Fsp3) is 0.943. The Labute approximate surface area is 358 Å². The van der Waals surface area contributed by atoms with E-state index in [0.717, 1.165) is 25.7 Å². The summed E-state index contributed by atoms with van der Waals surface area (Å²) in [5.74, 6) is -0.0369. The zero-order valence-electron chi connectivity index (χ0n) is 39.1. The van der Waals surface area contributed by atoms with Crippen LogP contribution in [0.2, 0.25) is 0 Å². The highest BCUT2D eigenvalue weighted by molar-refractivity contribution is 5.76. The molecule has 0 aliphatic heterocycles. The molecule has 0 aromatic rings. The molecular formula is C53H105NO3. The quantitative estimate of drug-likeness (QED) is 0.0424. The normalized spacial score (nSPS) is 12.8. The number of carbonyl (C=O) groups is 1. The van der Waals surface area contributed by atoms with Crippen LogP contribution in [0.25, 0.3) is 0 Å². The van der Waals surface area contributed by atoms with E-state index in [0.29, 0.717) is 12.8 Å². The van der Waals surface area contributed by atoms with E-state index >= 15 is 0 Å². The van der Waals surface area contributed by atoms with Crippen molar-refractivity contribution >= 4 is 5.91 Å². The summed E-state index contributed by atoms with van der Waals surface area (Å²) in [7, 11) is 0. The number of rotatable bonds is 49. The largest absolute Gasteiger partial charge is 0.394 e. The van der Waals surface area contributed by atoms with Gasteiger partial charge in [-0.25, -0.2) is 0 Å². The fourth-order valence-electron chi connectivity index (χ4n) is 8.48. The molecule has 2 unspecified atom stereocenters. The summed E-state index contributed by atoms with van der Waals surface area (Å²) in [6.07, 6.45) is 63.4. The van der Waals surface area contributed by atoms with Crippen molar-refractivity contribution in [3.8, 4) is 0 Å². The van der Waals surface area contributed by atoms with Gasteiger partial charge >= 0.3 is 0 Å².